The van der Waals surface area contributed by atoms with Crippen molar-refractivity contribution in [1.82, 2.24) is 4.98 Å². The largest absolute Gasteiger partial charge is 0.324 e. The number of nitrogens with zero attached hydrogens (tertiary/aromatic N) is 1. The van der Waals surface area contributed by atoms with Crippen LogP contribution in [-0.4, -0.2) is 9.73 Å². The molecule has 1 aromatic heterocycles. The van der Waals surface area contributed by atoms with Gasteiger partial charge in [-0.1, -0.05) is 27.7 Å². The summed E-state index contributed by atoms with van der Waals surface area (Å²) in [5.41, 5.74) is 8.44. The third-order valence-electron chi connectivity index (χ3n) is 2.38. The Bertz CT molecular complexity index is 355. The van der Waals surface area contributed by atoms with Crippen molar-refractivity contribution < 1.29 is 0 Å². The summed E-state index contributed by atoms with van der Waals surface area (Å²) in [6.07, 6.45) is 2.88. The van der Waals surface area contributed by atoms with Crippen LogP contribution < -0.4 is 5.73 Å². The Kier molecular flexibility index (Phi) is 4.39. The van der Waals surface area contributed by atoms with E-state index in [0.29, 0.717) is 0 Å². The van der Waals surface area contributed by atoms with Gasteiger partial charge in [-0.05, 0) is 30.5 Å². The summed E-state index contributed by atoms with van der Waals surface area (Å²) >= 11 is 1.79. The van der Waals surface area contributed by atoms with Gasteiger partial charge in [0.25, 0.3) is 0 Å². The van der Waals surface area contributed by atoms with Crippen molar-refractivity contribution in [1.29, 1.82) is 0 Å². The van der Waals surface area contributed by atoms with Crippen LogP contribution in [0.25, 0.3) is 0 Å². The fourth-order valence-electron chi connectivity index (χ4n) is 1.52. The second-order valence-corrected chi connectivity index (χ2v) is 6.96. The van der Waals surface area contributed by atoms with Gasteiger partial charge < -0.3 is 5.73 Å². The Morgan fingerprint density at radius 2 is 2.06 bits per heavy atom. The number of nitrogens with two attached hydrogens (primary N) is 1. The maximum absolute atomic E-state index is 6.03. The molecule has 0 saturated heterocycles. The molecule has 0 fully saturated rings. The van der Waals surface area contributed by atoms with Crippen LogP contribution in [-0.2, 0) is 0 Å². The summed E-state index contributed by atoms with van der Waals surface area (Å²) in [7, 11) is 0. The zero-order valence-corrected chi connectivity index (χ0v) is 11.7. The third-order valence-corrected chi connectivity index (χ3v) is 3.42. The lowest BCUT2D eigenvalue weighted by molar-refractivity contribution is 0.687. The third kappa shape index (κ3) is 3.80. The van der Waals surface area contributed by atoms with Crippen LogP contribution in [0, 0.1) is 6.92 Å². The minimum Gasteiger partial charge on any atom is -0.324 e. The first kappa shape index (κ1) is 13.5. The van der Waals surface area contributed by atoms with E-state index in [1.165, 1.54) is 11.1 Å². The van der Waals surface area contributed by atoms with Gasteiger partial charge in [0, 0.05) is 17.0 Å². The highest BCUT2D eigenvalue weighted by Crippen LogP contribution is 2.31. The summed E-state index contributed by atoms with van der Waals surface area (Å²) in [4.78, 5) is 4.48. The van der Waals surface area contributed by atoms with E-state index in [1.807, 2.05) is 6.20 Å². The smallest absolute Gasteiger partial charge is 0.0967 e. The summed E-state index contributed by atoms with van der Waals surface area (Å²) in [5, 5.41) is 1.08. The number of pyridine rings is 1. The second-order valence-electron chi connectivity index (χ2n) is 5.11. The molecule has 1 heterocycles. The van der Waals surface area contributed by atoms with Gasteiger partial charge in [-0.25, -0.2) is 4.98 Å². The minimum absolute atomic E-state index is 0.112. The molecule has 0 saturated carbocycles. The summed E-state index contributed by atoms with van der Waals surface area (Å²) in [5.74, 6) is 0. The van der Waals surface area contributed by atoms with E-state index >= 15 is 0 Å². The monoisotopic (exact) mass is 238 g/mol. The van der Waals surface area contributed by atoms with Gasteiger partial charge in [-0.15, -0.1) is 11.8 Å². The van der Waals surface area contributed by atoms with E-state index in [4.69, 9.17) is 5.73 Å². The van der Waals surface area contributed by atoms with Gasteiger partial charge in [0.15, 0.2) is 0 Å². The first-order valence-corrected chi connectivity index (χ1v) is 6.56. The van der Waals surface area contributed by atoms with Crippen molar-refractivity contribution in [2.75, 3.05) is 0 Å². The Hall–Kier alpha value is -0.540. The Morgan fingerprint density at radius 3 is 2.50 bits per heavy atom. The standard InChI is InChI=1S/C13H22N2S/c1-6-11(14)10-8-15-12(7-9(10)2)16-13(3,4)5/h7-8,11H,6,14H2,1-5H3/t11-/m0/s1. The van der Waals surface area contributed by atoms with Gasteiger partial charge >= 0.3 is 0 Å². The lowest BCUT2D eigenvalue weighted by atomic mass is 10.0. The lowest BCUT2D eigenvalue weighted by Crippen LogP contribution is -2.12. The first-order valence-electron chi connectivity index (χ1n) is 5.74. The Balaban J connectivity index is 2.91. The summed E-state index contributed by atoms with van der Waals surface area (Å²) in [6.45, 7) is 10.8. The molecule has 90 valence electrons. The molecule has 1 rings (SSSR count). The molecule has 3 heteroatoms. The molecule has 1 aromatic rings. The van der Waals surface area contributed by atoms with Crippen molar-refractivity contribution in [3.05, 3.63) is 23.4 Å². The van der Waals surface area contributed by atoms with Gasteiger partial charge in [-0.3, -0.25) is 0 Å². The topological polar surface area (TPSA) is 38.9 Å². The van der Waals surface area contributed by atoms with E-state index in [-0.39, 0.29) is 10.8 Å². The maximum Gasteiger partial charge on any atom is 0.0967 e. The Labute approximate surface area is 103 Å². The van der Waals surface area contributed by atoms with Crippen molar-refractivity contribution in [3.63, 3.8) is 0 Å². The molecule has 0 aliphatic heterocycles. The van der Waals surface area contributed by atoms with Crippen LogP contribution >= 0.6 is 11.8 Å². The predicted octanol–water partition coefficient (Wildman–Crippen LogP) is 3.69. The predicted molar refractivity (Wildman–Crippen MR) is 71.8 cm³/mol. The molecule has 2 N–H and O–H groups in total. The summed E-state index contributed by atoms with van der Waals surface area (Å²) in [6, 6.07) is 2.25. The highest BCUT2D eigenvalue weighted by molar-refractivity contribution is 8.00. The van der Waals surface area contributed by atoms with Gasteiger partial charge in [-0.2, -0.15) is 0 Å². The van der Waals surface area contributed by atoms with Crippen molar-refractivity contribution >= 4 is 11.8 Å². The van der Waals surface area contributed by atoms with Crippen molar-refractivity contribution in [2.45, 2.75) is 56.9 Å². The number of hydrogen-bond acceptors (Lipinski definition) is 3. The van der Waals surface area contributed by atoms with Crippen LogP contribution in [0.4, 0.5) is 0 Å². The molecule has 0 unspecified atom stereocenters. The van der Waals surface area contributed by atoms with Crippen LogP contribution in [0.1, 0.15) is 51.3 Å². The van der Waals surface area contributed by atoms with E-state index in [0.717, 1.165) is 11.4 Å². The molecule has 0 amide bonds. The molecular weight excluding hydrogens is 216 g/mol. The van der Waals surface area contributed by atoms with Gasteiger partial charge in [0.05, 0.1) is 5.03 Å². The quantitative estimate of drug-likeness (QED) is 0.816. The van der Waals surface area contributed by atoms with Gasteiger partial charge in [0.1, 0.15) is 0 Å². The van der Waals surface area contributed by atoms with Crippen LogP contribution in [0.15, 0.2) is 17.3 Å². The lowest BCUT2D eigenvalue weighted by Gasteiger charge is -2.18. The highest BCUT2D eigenvalue weighted by Gasteiger charge is 2.14. The SMILES string of the molecule is CC[C@H](N)c1cnc(SC(C)(C)C)cc1C. The molecule has 2 nitrogen and oxygen atoms in total. The zero-order valence-electron chi connectivity index (χ0n) is 10.9. The fourth-order valence-corrected chi connectivity index (χ4v) is 2.49. The van der Waals surface area contributed by atoms with Crippen LogP contribution in [0.3, 0.4) is 0 Å². The van der Waals surface area contributed by atoms with Crippen LogP contribution in [0.5, 0.6) is 0 Å². The highest BCUT2D eigenvalue weighted by atomic mass is 32.2. The molecule has 1 atom stereocenters. The molecule has 0 aromatic carbocycles. The first-order chi connectivity index (χ1) is 7.33. The number of aromatic nitrogens is 1. The number of rotatable bonds is 3. The molecule has 0 spiro atoms. The molecule has 0 aliphatic carbocycles. The van der Waals surface area contributed by atoms with E-state index in [2.05, 4.69) is 45.7 Å². The fraction of sp³-hybridized carbons (Fsp3) is 0.615. The average Bonchev–Trinajstić information content (AvgIpc) is 2.14. The van der Waals surface area contributed by atoms with Crippen molar-refractivity contribution in [3.8, 4) is 0 Å². The molecule has 16 heavy (non-hydrogen) atoms. The summed E-state index contributed by atoms with van der Waals surface area (Å²) < 4.78 is 0.202. The average molecular weight is 238 g/mol. The number of aryl methyl sites for hydroxylation is 1. The minimum atomic E-state index is 0.112. The molecule has 0 bridgehead atoms. The van der Waals surface area contributed by atoms with Crippen LogP contribution in [0.2, 0.25) is 0 Å². The second kappa shape index (κ2) is 5.19. The Morgan fingerprint density at radius 1 is 1.44 bits per heavy atom. The van der Waals surface area contributed by atoms with Gasteiger partial charge in [0.2, 0.25) is 0 Å². The number of thioether (sulfide) groups is 1. The normalized spacial score (nSPS) is 13.9. The van der Waals surface area contributed by atoms with Crippen molar-refractivity contribution in [2.24, 2.45) is 5.73 Å². The molecule has 0 radical (unpaired) electrons. The molecular formula is C13H22N2S. The van der Waals surface area contributed by atoms with E-state index < -0.39 is 0 Å². The van der Waals surface area contributed by atoms with E-state index in [1.54, 1.807) is 11.8 Å². The van der Waals surface area contributed by atoms with E-state index in [9.17, 15) is 0 Å². The number of hydrogen-bond donors (Lipinski definition) is 1. The maximum atomic E-state index is 6.03. The molecule has 0 aliphatic rings. The zero-order chi connectivity index (χ0) is 12.3.